The van der Waals surface area contributed by atoms with E-state index >= 15 is 0 Å². The molecular weight excluding hydrogens is 184 g/mol. The van der Waals surface area contributed by atoms with Gasteiger partial charge in [0.15, 0.2) is 0 Å². The Morgan fingerprint density at radius 2 is 1.60 bits per heavy atom. The Hall–Kier alpha value is -1.76. The van der Waals surface area contributed by atoms with Crippen LogP contribution in [0.15, 0.2) is 72.6 Å². The van der Waals surface area contributed by atoms with E-state index in [1.165, 1.54) is 6.08 Å². The maximum absolute atomic E-state index is 8.93. The molecule has 0 aliphatic carbocycles. The van der Waals surface area contributed by atoms with Crippen LogP contribution in [-0.4, -0.2) is 5.11 Å². The van der Waals surface area contributed by atoms with Crippen LogP contribution in [0, 0.1) is 0 Å². The molecule has 80 valence electrons. The molecule has 0 unspecified atom stereocenters. The summed E-state index contributed by atoms with van der Waals surface area (Å²) >= 11 is 0. The third-order valence-corrected chi connectivity index (χ3v) is 1.71. The molecule has 0 aromatic rings. The molecule has 0 aromatic heterocycles. The maximum Gasteiger partial charge on any atom is 0.108 e. The standard InChI is InChI=1S/C14H18O/c1-6-14(10-9-13(5)15)12(4)8-7-11(2)3/h6-10,15H,2,4-5H2,1,3H3/b8-7-,10-9-,14-6+. The van der Waals surface area contributed by atoms with Crippen LogP contribution in [0.4, 0.5) is 0 Å². The summed E-state index contributed by atoms with van der Waals surface area (Å²) in [6, 6.07) is 0. The second kappa shape index (κ2) is 6.66. The van der Waals surface area contributed by atoms with Gasteiger partial charge in [-0.05, 0) is 31.1 Å². The highest BCUT2D eigenvalue weighted by Crippen LogP contribution is 2.12. The first kappa shape index (κ1) is 13.2. The average molecular weight is 202 g/mol. The largest absolute Gasteiger partial charge is 0.509 e. The van der Waals surface area contributed by atoms with E-state index in [0.717, 1.165) is 16.7 Å². The lowest BCUT2D eigenvalue weighted by Crippen LogP contribution is -1.81. The van der Waals surface area contributed by atoms with Crippen molar-refractivity contribution in [2.75, 3.05) is 0 Å². The van der Waals surface area contributed by atoms with Gasteiger partial charge in [-0.1, -0.05) is 49.6 Å². The predicted octanol–water partition coefficient (Wildman–Crippen LogP) is 4.25. The third kappa shape index (κ3) is 6.33. The number of aliphatic hydroxyl groups is 1. The van der Waals surface area contributed by atoms with Gasteiger partial charge in [0.05, 0.1) is 0 Å². The lowest BCUT2D eigenvalue weighted by atomic mass is 10.1. The van der Waals surface area contributed by atoms with Crippen molar-refractivity contribution in [2.24, 2.45) is 0 Å². The molecule has 1 heteroatoms. The van der Waals surface area contributed by atoms with Crippen LogP contribution in [-0.2, 0) is 0 Å². The van der Waals surface area contributed by atoms with Crippen molar-refractivity contribution in [2.45, 2.75) is 13.8 Å². The highest BCUT2D eigenvalue weighted by atomic mass is 16.3. The second-order valence-corrected chi connectivity index (χ2v) is 3.27. The zero-order valence-electron chi connectivity index (χ0n) is 9.46. The zero-order chi connectivity index (χ0) is 11.8. The van der Waals surface area contributed by atoms with Gasteiger partial charge < -0.3 is 5.11 Å². The molecule has 0 saturated carbocycles. The fourth-order valence-electron chi connectivity index (χ4n) is 0.914. The maximum atomic E-state index is 8.93. The summed E-state index contributed by atoms with van der Waals surface area (Å²) in [4.78, 5) is 0. The Labute approximate surface area is 92.1 Å². The Kier molecular flexibility index (Phi) is 5.88. The number of hydrogen-bond donors (Lipinski definition) is 1. The van der Waals surface area contributed by atoms with E-state index in [2.05, 4.69) is 19.7 Å². The molecule has 0 aromatic carbocycles. The molecule has 1 nitrogen and oxygen atoms in total. The lowest BCUT2D eigenvalue weighted by Gasteiger charge is -2.00. The Bertz CT molecular complexity index is 352. The number of hydrogen-bond acceptors (Lipinski definition) is 1. The van der Waals surface area contributed by atoms with E-state index in [4.69, 9.17) is 5.11 Å². The molecule has 0 spiro atoms. The van der Waals surface area contributed by atoms with Gasteiger partial charge in [0.1, 0.15) is 5.76 Å². The fourth-order valence-corrected chi connectivity index (χ4v) is 0.914. The van der Waals surface area contributed by atoms with Crippen LogP contribution in [0.5, 0.6) is 0 Å². The minimum Gasteiger partial charge on any atom is -0.509 e. The Balaban J connectivity index is 4.65. The minimum atomic E-state index is 0.0334. The van der Waals surface area contributed by atoms with Crippen LogP contribution < -0.4 is 0 Å². The molecule has 15 heavy (non-hydrogen) atoms. The SMILES string of the molecule is C=C(C)/C=C\C(=C)C(/C=C\C(=C)O)=C/C. The van der Waals surface area contributed by atoms with Crippen LogP contribution in [0.25, 0.3) is 0 Å². The van der Waals surface area contributed by atoms with Crippen molar-refractivity contribution >= 4 is 0 Å². The zero-order valence-corrected chi connectivity index (χ0v) is 9.46. The fraction of sp³-hybridized carbons (Fsp3) is 0.143. The summed E-state index contributed by atoms with van der Waals surface area (Å²) in [7, 11) is 0. The number of rotatable bonds is 5. The van der Waals surface area contributed by atoms with Gasteiger partial charge in [-0.3, -0.25) is 0 Å². The number of allylic oxidation sites excluding steroid dienone is 8. The third-order valence-electron chi connectivity index (χ3n) is 1.71. The van der Waals surface area contributed by atoms with Crippen molar-refractivity contribution in [3.05, 3.63) is 72.6 Å². The summed E-state index contributed by atoms with van der Waals surface area (Å²) in [5.41, 5.74) is 2.79. The Morgan fingerprint density at radius 1 is 1.00 bits per heavy atom. The highest BCUT2D eigenvalue weighted by molar-refractivity contribution is 5.46. The first-order chi connectivity index (χ1) is 6.97. The van der Waals surface area contributed by atoms with E-state index in [1.807, 2.05) is 32.1 Å². The molecule has 0 atom stereocenters. The monoisotopic (exact) mass is 202 g/mol. The minimum absolute atomic E-state index is 0.0334. The van der Waals surface area contributed by atoms with Crippen LogP contribution in [0.2, 0.25) is 0 Å². The molecule has 1 N–H and O–H groups in total. The molecule has 0 amide bonds. The van der Waals surface area contributed by atoms with Crippen molar-refractivity contribution in [1.29, 1.82) is 0 Å². The number of aliphatic hydroxyl groups excluding tert-OH is 1. The average Bonchev–Trinajstić information content (AvgIpc) is 2.15. The van der Waals surface area contributed by atoms with Gasteiger partial charge >= 0.3 is 0 Å². The van der Waals surface area contributed by atoms with E-state index in [-0.39, 0.29) is 5.76 Å². The summed E-state index contributed by atoms with van der Waals surface area (Å²) in [6.07, 6.45) is 9.02. The molecule has 0 heterocycles. The first-order valence-electron chi connectivity index (χ1n) is 4.72. The molecular formula is C14H18O. The smallest absolute Gasteiger partial charge is 0.108 e. The van der Waals surface area contributed by atoms with Crippen molar-refractivity contribution < 1.29 is 5.11 Å². The molecule has 0 aliphatic heterocycles. The molecule has 0 aliphatic rings. The van der Waals surface area contributed by atoms with E-state index in [0.29, 0.717) is 0 Å². The topological polar surface area (TPSA) is 20.2 Å². The molecule has 0 rings (SSSR count). The van der Waals surface area contributed by atoms with Crippen LogP contribution in [0.3, 0.4) is 0 Å². The summed E-state index contributed by atoms with van der Waals surface area (Å²) in [5.74, 6) is 0.0334. The van der Waals surface area contributed by atoms with Gasteiger partial charge in [-0.2, -0.15) is 0 Å². The molecule has 0 radical (unpaired) electrons. The molecule has 0 fully saturated rings. The predicted molar refractivity (Wildman–Crippen MR) is 67.8 cm³/mol. The summed E-state index contributed by atoms with van der Waals surface area (Å²) in [5, 5.41) is 8.93. The molecule has 0 bridgehead atoms. The summed E-state index contributed by atoms with van der Waals surface area (Å²) < 4.78 is 0. The van der Waals surface area contributed by atoms with Crippen molar-refractivity contribution in [3.8, 4) is 0 Å². The van der Waals surface area contributed by atoms with Gasteiger partial charge in [-0.25, -0.2) is 0 Å². The van der Waals surface area contributed by atoms with Gasteiger partial charge in [-0.15, -0.1) is 0 Å². The van der Waals surface area contributed by atoms with Crippen molar-refractivity contribution in [1.82, 2.24) is 0 Å². The van der Waals surface area contributed by atoms with Crippen molar-refractivity contribution in [3.63, 3.8) is 0 Å². The van der Waals surface area contributed by atoms with Crippen LogP contribution in [0.1, 0.15) is 13.8 Å². The molecule has 0 saturated heterocycles. The van der Waals surface area contributed by atoms with Gasteiger partial charge in [0, 0.05) is 0 Å². The lowest BCUT2D eigenvalue weighted by molar-refractivity contribution is 0.435. The van der Waals surface area contributed by atoms with Crippen LogP contribution >= 0.6 is 0 Å². The van der Waals surface area contributed by atoms with Gasteiger partial charge in [0.25, 0.3) is 0 Å². The quantitative estimate of drug-likeness (QED) is 0.522. The van der Waals surface area contributed by atoms with E-state index in [9.17, 15) is 0 Å². The van der Waals surface area contributed by atoms with E-state index < -0.39 is 0 Å². The van der Waals surface area contributed by atoms with Gasteiger partial charge in [0.2, 0.25) is 0 Å². The van der Waals surface area contributed by atoms with E-state index in [1.54, 1.807) is 6.08 Å². The summed E-state index contributed by atoms with van der Waals surface area (Å²) in [6.45, 7) is 14.9. The highest BCUT2D eigenvalue weighted by Gasteiger charge is 1.93. The first-order valence-corrected chi connectivity index (χ1v) is 4.72. The normalized spacial score (nSPS) is 12.3. The Morgan fingerprint density at radius 3 is 2.00 bits per heavy atom. The second-order valence-electron chi connectivity index (χ2n) is 3.27.